The average molecular weight is 249 g/mol. The quantitative estimate of drug-likeness (QED) is 0.705. The number of rotatable bonds is 2. The van der Waals surface area contributed by atoms with E-state index in [2.05, 4.69) is 0 Å². The van der Waals surface area contributed by atoms with Crippen LogP contribution in [0.2, 0.25) is 5.02 Å². The monoisotopic (exact) mass is 248 g/mol. The zero-order valence-electron chi connectivity index (χ0n) is 8.53. The Balaban J connectivity index is 2.42. The fourth-order valence-electron chi connectivity index (χ4n) is 1.54. The summed E-state index contributed by atoms with van der Waals surface area (Å²) >= 11 is 11.7. The number of halogens is 2. The maximum atomic E-state index is 5.88. The lowest BCUT2D eigenvalue weighted by atomic mass is 10.00. The molecule has 0 nitrogen and oxygen atoms in total. The van der Waals surface area contributed by atoms with Crippen molar-refractivity contribution in [3.8, 4) is 0 Å². The van der Waals surface area contributed by atoms with E-state index in [1.165, 1.54) is 0 Å². The molecule has 0 atom stereocenters. The van der Waals surface area contributed by atoms with Crippen LogP contribution in [-0.2, 0) is 0 Å². The summed E-state index contributed by atoms with van der Waals surface area (Å²) in [6.45, 7) is 0. The summed E-state index contributed by atoms with van der Waals surface area (Å²) < 4.78 is 0. The minimum atomic E-state index is 0.728. The SMILES string of the molecule is ClC=C(c1ccccc1)c1ccc(Cl)cc1. The highest BCUT2D eigenvalue weighted by Gasteiger charge is 2.03. The molecule has 2 heteroatoms. The van der Waals surface area contributed by atoms with Crippen LogP contribution in [0.15, 0.2) is 60.1 Å². The average Bonchev–Trinajstić information content (AvgIpc) is 2.34. The zero-order valence-corrected chi connectivity index (χ0v) is 10.0. The van der Waals surface area contributed by atoms with Crippen LogP contribution in [-0.4, -0.2) is 0 Å². The second-order valence-corrected chi connectivity index (χ2v) is 4.05. The standard InChI is InChI=1S/C14H10Cl2/c15-10-14(11-4-2-1-3-5-11)12-6-8-13(16)9-7-12/h1-10H. The molecule has 0 fully saturated rings. The summed E-state index contributed by atoms with van der Waals surface area (Å²) in [6, 6.07) is 17.7. The highest BCUT2D eigenvalue weighted by Crippen LogP contribution is 2.25. The normalized spacial score (nSPS) is 11.5. The van der Waals surface area contributed by atoms with Gasteiger partial charge in [-0.05, 0) is 23.3 Å². The van der Waals surface area contributed by atoms with E-state index in [0.29, 0.717) is 0 Å². The lowest BCUT2D eigenvalue weighted by Gasteiger charge is -2.06. The predicted molar refractivity (Wildman–Crippen MR) is 70.8 cm³/mol. The zero-order chi connectivity index (χ0) is 11.4. The molecular formula is C14H10Cl2. The molecule has 0 unspecified atom stereocenters. The summed E-state index contributed by atoms with van der Waals surface area (Å²) in [7, 11) is 0. The summed E-state index contributed by atoms with van der Waals surface area (Å²) in [5, 5.41) is 0.728. The van der Waals surface area contributed by atoms with Gasteiger partial charge in [-0.25, -0.2) is 0 Å². The van der Waals surface area contributed by atoms with Crippen LogP contribution in [0.3, 0.4) is 0 Å². The molecule has 0 aliphatic heterocycles. The smallest absolute Gasteiger partial charge is 0.0406 e. The molecule has 0 N–H and O–H groups in total. The Bertz CT molecular complexity index is 484. The lowest BCUT2D eigenvalue weighted by Crippen LogP contribution is -1.86. The van der Waals surface area contributed by atoms with Gasteiger partial charge in [0.05, 0.1) is 0 Å². The van der Waals surface area contributed by atoms with Crippen molar-refractivity contribution in [2.45, 2.75) is 0 Å². The first-order chi connectivity index (χ1) is 7.81. The molecule has 2 aromatic rings. The lowest BCUT2D eigenvalue weighted by molar-refractivity contribution is 1.55. The summed E-state index contributed by atoms with van der Waals surface area (Å²) in [5.41, 5.74) is 4.75. The van der Waals surface area contributed by atoms with E-state index in [9.17, 15) is 0 Å². The molecule has 0 aliphatic carbocycles. The Morgan fingerprint density at radius 2 is 1.38 bits per heavy atom. The Morgan fingerprint density at radius 3 is 1.94 bits per heavy atom. The third-order valence-corrected chi connectivity index (χ3v) is 2.82. The van der Waals surface area contributed by atoms with Crippen molar-refractivity contribution in [2.75, 3.05) is 0 Å². The molecule has 0 saturated carbocycles. The summed E-state index contributed by atoms with van der Waals surface area (Å²) in [4.78, 5) is 0. The van der Waals surface area contributed by atoms with Crippen LogP contribution in [0.4, 0.5) is 0 Å². The van der Waals surface area contributed by atoms with Crippen molar-refractivity contribution in [3.63, 3.8) is 0 Å². The van der Waals surface area contributed by atoms with Crippen LogP contribution in [0, 0.1) is 0 Å². The maximum absolute atomic E-state index is 5.88. The Hall–Kier alpha value is -1.24. The molecule has 0 radical (unpaired) electrons. The largest absolute Gasteiger partial charge is 0.0923 e. The van der Waals surface area contributed by atoms with Gasteiger partial charge in [0.2, 0.25) is 0 Å². The van der Waals surface area contributed by atoms with Crippen LogP contribution >= 0.6 is 23.2 Å². The number of hydrogen-bond acceptors (Lipinski definition) is 0. The summed E-state index contributed by atoms with van der Waals surface area (Å²) in [5.74, 6) is 0. The van der Waals surface area contributed by atoms with Gasteiger partial charge in [0.15, 0.2) is 0 Å². The summed E-state index contributed by atoms with van der Waals surface area (Å²) in [6.07, 6.45) is 0. The van der Waals surface area contributed by atoms with E-state index >= 15 is 0 Å². The third-order valence-electron chi connectivity index (χ3n) is 2.35. The van der Waals surface area contributed by atoms with Gasteiger partial charge in [-0.3, -0.25) is 0 Å². The molecule has 0 aliphatic rings. The minimum absolute atomic E-state index is 0.728. The third kappa shape index (κ3) is 2.46. The highest BCUT2D eigenvalue weighted by molar-refractivity contribution is 6.31. The Kier molecular flexibility index (Phi) is 3.66. The van der Waals surface area contributed by atoms with E-state index in [-0.39, 0.29) is 0 Å². The van der Waals surface area contributed by atoms with Crippen molar-refractivity contribution in [1.82, 2.24) is 0 Å². The van der Waals surface area contributed by atoms with Crippen LogP contribution < -0.4 is 0 Å². The van der Waals surface area contributed by atoms with Crippen LogP contribution in [0.5, 0.6) is 0 Å². The van der Waals surface area contributed by atoms with Crippen molar-refractivity contribution in [1.29, 1.82) is 0 Å². The van der Waals surface area contributed by atoms with Gasteiger partial charge in [-0.2, -0.15) is 0 Å². The Morgan fingerprint density at radius 1 is 0.812 bits per heavy atom. The second kappa shape index (κ2) is 5.20. The van der Waals surface area contributed by atoms with Gasteiger partial charge >= 0.3 is 0 Å². The number of benzene rings is 2. The first kappa shape index (κ1) is 11.3. The fraction of sp³-hybridized carbons (Fsp3) is 0. The molecule has 0 amide bonds. The maximum Gasteiger partial charge on any atom is 0.0406 e. The molecule has 0 heterocycles. The van der Waals surface area contributed by atoms with E-state index < -0.39 is 0 Å². The Labute approximate surface area is 105 Å². The molecule has 2 aromatic carbocycles. The predicted octanol–water partition coefficient (Wildman–Crippen LogP) is 4.97. The van der Waals surface area contributed by atoms with E-state index in [1.807, 2.05) is 54.6 Å². The van der Waals surface area contributed by atoms with Crippen molar-refractivity contribution in [3.05, 3.63) is 76.3 Å². The van der Waals surface area contributed by atoms with Crippen LogP contribution in [0.25, 0.3) is 5.57 Å². The van der Waals surface area contributed by atoms with E-state index in [0.717, 1.165) is 21.7 Å². The van der Waals surface area contributed by atoms with Gasteiger partial charge < -0.3 is 0 Å². The molecule has 80 valence electrons. The molecule has 0 spiro atoms. The molecule has 0 saturated heterocycles. The van der Waals surface area contributed by atoms with Crippen LogP contribution in [0.1, 0.15) is 11.1 Å². The topological polar surface area (TPSA) is 0 Å². The second-order valence-electron chi connectivity index (χ2n) is 3.40. The van der Waals surface area contributed by atoms with Gasteiger partial charge in [0, 0.05) is 16.1 Å². The van der Waals surface area contributed by atoms with Gasteiger partial charge in [-0.1, -0.05) is 65.7 Å². The van der Waals surface area contributed by atoms with E-state index in [1.54, 1.807) is 5.54 Å². The van der Waals surface area contributed by atoms with Gasteiger partial charge in [-0.15, -0.1) is 0 Å². The van der Waals surface area contributed by atoms with E-state index in [4.69, 9.17) is 23.2 Å². The van der Waals surface area contributed by atoms with Gasteiger partial charge in [0.25, 0.3) is 0 Å². The molecule has 0 aromatic heterocycles. The first-order valence-electron chi connectivity index (χ1n) is 4.93. The van der Waals surface area contributed by atoms with Crippen molar-refractivity contribution in [2.24, 2.45) is 0 Å². The fourth-order valence-corrected chi connectivity index (χ4v) is 1.92. The minimum Gasteiger partial charge on any atom is -0.0923 e. The molecule has 2 rings (SSSR count). The highest BCUT2D eigenvalue weighted by atomic mass is 35.5. The van der Waals surface area contributed by atoms with Crippen molar-refractivity contribution < 1.29 is 0 Å². The molecule has 0 bridgehead atoms. The molecular weight excluding hydrogens is 239 g/mol. The first-order valence-corrected chi connectivity index (χ1v) is 5.74. The molecule has 16 heavy (non-hydrogen) atoms. The van der Waals surface area contributed by atoms with Crippen molar-refractivity contribution >= 4 is 28.8 Å². The van der Waals surface area contributed by atoms with Gasteiger partial charge in [0.1, 0.15) is 0 Å². The number of hydrogen-bond donors (Lipinski definition) is 0.